The van der Waals surface area contributed by atoms with Crippen LogP contribution >= 0.6 is 0 Å². The molecule has 3 rings (SSSR count). The number of piperazine rings is 1. The van der Waals surface area contributed by atoms with Gasteiger partial charge in [-0.1, -0.05) is 0 Å². The Morgan fingerprint density at radius 3 is 2.68 bits per heavy atom. The van der Waals surface area contributed by atoms with Crippen molar-refractivity contribution in [2.75, 3.05) is 39.3 Å². The first kappa shape index (κ1) is 15.5. The fraction of sp³-hybridized carbons (Fsp3) is 0.750. The van der Waals surface area contributed by atoms with Crippen LogP contribution in [0.3, 0.4) is 0 Å². The summed E-state index contributed by atoms with van der Waals surface area (Å²) in [7, 11) is 0. The minimum absolute atomic E-state index is 0.141. The van der Waals surface area contributed by atoms with E-state index in [4.69, 9.17) is 0 Å². The molecule has 2 saturated heterocycles. The van der Waals surface area contributed by atoms with Gasteiger partial charge >= 0.3 is 0 Å². The average Bonchev–Trinajstić information content (AvgIpc) is 3.14. The van der Waals surface area contributed by atoms with Gasteiger partial charge in [-0.25, -0.2) is 0 Å². The van der Waals surface area contributed by atoms with Crippen molar-refractivity contribution in [3.63, 3.8) is 0 Å². The molecule has 2 aliphatic heterocycles. The lowest BCUT2D eigenvalue weighted by atomic mass is 10.2. The quantitative estimate of drug-likeness (QED) is 0.901. The van der Waals surface area contributed by atoms with E-state index in [9.17, 15) is 4.79 Å². The van der Waals surface area contributed by atoms with E-state index < -0.39 is 0 Å². The van der Waals surface area contributed by atoms with Gasteiger partial charge in [0.15, 0.2) is 0 Å². The Morgan fingerprint density at radius 2 is 2.05 bits per heavy atom. The standard InChI is InChI=1S/C16H27N5O/c1-12(2)21-13(3)15(10-18-21)16(22)20-7-4-14(11-20)19-8-5-17-6-9-19/h10,12,14,17H,4-9,11H2,1-3H3. The van der Waals surface area contributed by atoms with Gasteiger partial charge in [-0.2, -0.15) is 5.10 Å². The van der Waals surface area contributed by atoms with Crippen LogP contribution in [0.15, 0.2) is 6.20 Å². The van der Waals surface area contributed by atoms with Crippen LogP contribution in [0.4, 0.5) is 0 Å². The molecule has 6 nitrogen and oxygen atoms in total. The summed E-state index contributed by atoms with van der Waals surface area (Å²) >= 11 is 0. The normalized spacial score (nSPS) is 23.5. The number of hydrogen-bond donors (Lipinski definition) is 1. The number of carbonyl (C=O) groups is 1. The SMILES string of the molecule is Cc1c(C(=O)N2CCC(N3CCNCC3)C2)cnn1C(C)C. The summed E-state index contributed by atoms with van der Waals surface area (Å²) in [5.41, 5.74) is 1.74. The van der Waals surface area contributed by atoms with Crippen molar-refractivity contribution in [1.82, 2.24) is 24.9 Å². The molecule has 0 radical (unpaired) electrons. The molecule has 0 saturated carbocycles. The monoisotopic (exact) mass is 305 g/mol. The summed E-state index contributed by atoms with van der Waals surface area (Å²) in [6.07, 6.45) is 2.82. The second kappa shape index (κ2) is 6.38. The van der Waals surface area contributed by atoms with Crippen LogP contribution in [-0.2, 0) is 0 Å². The number of amides is 1. The highest BCUT2D eigenvalue weighted by Crippen LogP contribution is 2.21. The predicted molar refractivity (Wildman–Crippen MR) is 86.1 cm³/mol. The number of carbonyl (C=O) groups excluding carboxylic acids is 1. The second-order valence-corrected chi connectivity index (χ2v) is 6.66. The molecule has 0 aliphatic carbocycles. The Morgan fingerprint density at radius 1 is 1.32 bits per heavy atom. The first-order chi connectivity index (χ1) is 10.6. The van der Waals surface area contributed by atoms with Crippen LogP contribution in [0.1, 0.15) is 42.4 Å². The van der Waals surface area contributed by atoms with Crippen LogP contribution in [0.2, 0.25) is 0 Å². The van der Waals surface area contributed by atoms with Crippen LogP contribution in [0.5, 0.6) is 0 Å². The molecule has 1 amide bonds. The average molecular weight is 305 g/mol. The van der Waals surface area contributed by atoms with Gasteiger partial charge < -0.3 is 10.2 Å². The third-order valence-corrected chi connectivity index (χ3v) is 4.88. The van der Waals surface area contributed by atoms with Crippen molar-refractivity contribution in [2.24, 2.45) is 0 Å². The Labute approximate surface area is 132 Å². The van der Waals surface area contributed by atoms with Crippen molar-refractivity contribution in [3.05, 3.63) is 17.5 Å². The number of hydrogen-bond acceptors (Lipinski definition) is 4. The van der Waals surface area contributed by atoms with E-state index in [0.29, 0.717) is 6.04 Å². The molecule has 122 valence electrons. The van der Waals surface area contributed by atoms with E-state index in [0.717, 1.165) is 56.9 Å². The summed E-state index contributed by atoms with van der Waals surface area (Å²) in [6, 6.07) is 0.806. The van der Waals surface area contributed by atoms with Crippen molar-refractivity contribution in [1.29, 1.82) is 0 Å². The number of nitrogens with one attached hydrogen (secondary N) is 1. The maximum atomic E-state index is 12.8. The van der Waals surface area contributed by atoms with Crippen LogP contribution in [-0.4, -0.2) is 70.8 Å². The fourth-order valence-electron chi connectivity index (χ4n) is 3.60. The van der Waals surface area contributed by atoms with E-state index in [1.165, 1.54) is 0 Å². The summed E-state index contributed by atoms with van der Waals surface area (Å²) in [4.78, 5) is 17.3. The lowest BCUT2D eigenvalue weighted by Gasteiger charge is -2.32. The molecular weight excluding hydrogens is 278 g/mol. The van der Waals surface area contributed by atoms with Gasteiger partial charge in [-0.3, -0.25) is 14.4 Å². The molecule has 0 bridgehead atoms. The van der Waals surface area contributed by atoms with E-state index in [1.54, 1.807) is 6.20 Å². The van der Waals surface area contributed by atoms with Crippen molar-refractivity contribution in [3.8, 4) is 0 Å². The molecule has 2 fully saturated rings. The van der Waals surface area contributed by atoms with Gasteiger partial charge in [-0.05, 0) is 27.2 Å². The minimum atomic E-state index is 0.141. The predicted octanol–water partition coefficient (Wildman–Crippen LogP) is 0.892. The zero-order valence-electron chi connectivity index (χ0n) is 13.9. The molecule has 3 heterocycles. The highest BCUT2D eigenvalue weighted by atomic mass is 16.2. The van der Waals surface area contributed by atoms with Gasteiger partial charge in [0.2, 0.25) is 0 Å². The lowest BCUT2D eigenvalue weighted by Crippen LogP contribution is -2.49. The van der Waals surface area contributed by atoms with Gasteiger partial charge in [0, 0.05) is 57.0 Å². The molecule has 0 spiro atoms. The van der Waals surface area contributed by atoms with Crippen LogP contribution < -0.4 is 5.32 Å². The molecule has 1 atom stereocenters. The maximum Gasteiger partial charge on any atom is 0.257 e. The summed E-state index contributed by atoms with van der Waals surface area (Å²) in [5.74, 6) is 0.141. The van der Waals surface area contributed by atoms with E-state index in [2.05, 4.69) is 29.2 Å². The van der Waals surface area contributed by atoms with Gasteiger partial charge in [0.25, 0.3) is 5.91 Å². The van der Waals surface area contributed by atoms with Crippen molar-refractivity contribution >= 4 is 5.91 Å². The molecule has 1 unspecified atom stereocenters. The molecule has 0 aromatic carbocycles. The van der Waals surface area contributed by atoms with Crippen molar-refractivity contribution in [2.45, 2.75) is 39.3 Å². The largest absolute Gasteiger partial charge is 0.337 e. The smallest absolute Gasteiger partial charge is 0.257 e. The molecule has 6 heteroatoms. The Kier molecular flexibility index (Phi) is 4.49. The maximum absolute atomic E-state index is 12.8. The van der Waals surface area contributed by atoms with Crippen LogP contribution in [0, 0.1) is 6.92 Å². The molecule has 1 N–H and O–H groups in total. The van der Waals surface area contributed by atoms with Gasteiger partial charge in [0.1, 0.15) is 0 Å². The highest BCUT2D eigenvalue weighted by molar-refractivity contribution is 5.95. The Balaban J connectivity index is 1.66. The topological polar surface area (TPSA) is 53.4 Å². The first-order valence-electron chi connectivity index (χ1n) is 8.36. The van der Waals surface area contributed by atoms with E-state index in [1.807, 2.05) is 16.5 Å². The number of rotatable bonds is 3. The fourth-order valence-corrected chi connectivity index (χ4v) is 3.60. The zero-order chi connectivity index (χ0) is 15.7. The molecular formula is C16H27N5O. The number of nitrogens with zero attached hydrogens (tertiary/aromatic N) is 4. The second-order valence-electron chi connectivity index (χ2n) is 6.66. The summed E-state index contributed by atoms with van der Waals surface area (Å²) in [6.45, 7) is 12.2. The molecule has 22 heavy (non-hydrogen) atoms. The highest BCUT2D eigenvalue weighted by Gasteiger charge is 2.32. The van der Waals surface area contributed by atoms with Gasteiger partial charge in [-0.15, -0.1) is 0 Å². The number of aromatic nitrogens is 2. The van der Waals surface area contributed by atoms with E-state index >= 15 is 0 Å². The molecule has 1 aromatic heterocycles. The first-order valence-corrected chi connectivity index (χ1v) is 8.36. The Hall–Kier alpha value is -1.40. The Bertz CT molecular complexity index is 533. The lowest BCUT2D eigenvalue weighted by molar-refractivity contribution is 0.0772. The van der Waals surface area contributed by atoms with Crippen LogP contribution in [0.25, 0.3) is 0 Å². The minimum Gasteiger partial charge on any atom is -0.337 e. The molecule has 1 aromatic rings. The third-order valence-electron chi connectivity index (χ3n) is 4.88. The van der Waals surface area contributed by atoms with Gasteiger partial charge in [0.05, 0.1) is 11.8 Å². The summed E-state index contributed by atoms with van der Waals surface area (Å²) < 4.78 is 1.93. The van der Waals surface area contributed by atoms with Crippen molar-refractivity contribution < 1.29 is 4.79 Å². The van der Waals surface area contributed by atoms with E-state index in [-0.39, 0.29) is 11.9 Å². The summed E-state index contributed by atoms with van der Waals surface area (Å²) in [5, 5.41) is 7.75. The zero-order valence-corrected chi connectivity index (χ0v) is 13.9. The number of likely N-dealkylation sites (tertiary alicyclic amines) is 1. The molecule has 2 aliphatic rings. The third kappa shape index (κ3) is 2.90.